The fourth-order valence-corrected chi connectivity index (χ4v) is 3.24. The lowest BCUT2D eigenvalue weighted by atomic mass is 10.2. The topological polar surface area (TPSA) is 55.1 Å². The summed E-state index contributed by atoms with van der Waals surface area (Å²) in [6.07, 6.45) is 1.91. The monoisotopic (exact) mass is 287 g/mol. The third kappa shape index (κ3) is 2.27. The predicted octanol–water partition coefficient (Wildman–Crippen LogP) is 3.28. The van der Waals surface area contributed by atoms with Gasteiger partial charge in [-0.25, -0.2) is 9.50 Å². The minimum Gasteiger partial charge on any atom is -0.346 e. The van der Waals surface area contributed by atoms with E-state index in [1.807, 2.05) is 39.1 Å². The smallest absolute Gasteiger partial charge is 0.243 e. The van der Waals surface area contributed by atoms with E-state index in [9.17, 15) is 0 Å². The zero-order valence-corrected chi connectivity index (χ0v) is 12.8. The molecule has 1 unspecified atom stereocenters. The van der Waals surface area contributed by atoms with Gasteiger partial charge < -0.3 is 5.32 Å². The summed E-state index contributed by atoms with van der Waals surface area (Å²) in [5.41, 5.74) is 3.08. The SMILES string of the molecule is Cc1nc(C)c(C(C)Nc2nc3c(C)cccn3n2)s1. The highest BCUT2D eigenvalue weighted by Crippen LogP contribution is 2.26. The van der Waals surface area contributed by atoms with Gasteiger partial charge in [-0.2, -0.15) is 4.98 Å². The summed E-state index contributed by atoms with van der Waals surface area (Å²) in [5, 5.41) is 8.90. The number of aromatic nitrogens is 4. The van der Waals surface area contributed by atoms with Crippen LogP contribution in [0.3, 0.4) is 0 Å². The third-order valence-corrected chi connectivity index (χ3v) is 4.49. The van der Waals surface area contributed by atoms with Gasteiger partial charge in [-0.1, -0.05) is 6.07 Å². The van der Waals surface area contributed by atoms with Gasteiger partial charge in [-0.15, -0.1) is 16.4 Å². The van der Waals surface area contributed by atoms with Crippen molar-refractivity contribution in [3.05, 3.63) is 39.5 Å². The summed E-state index contributed by atoms with van der Waals surface area (Å²) in [4.78, 5) is 10.2. The van der Waals surface area contributed by atoms with Crippen molar-refractivity contribution in [2.24, 2.45) is 0 Å². The normalized spacial score (nSPS) is 12.8. The van der Waals surface area contributed by atoms with Crippen molar-refractivity contribution in [3.8, 4) is 0 Å². The largest absolute Gasteiger partial charge is 0.346 e. The van der Waals surface area contributed by atoms with Crippen LogP contribution < -0.4 is 5.32 Å². The molecule has 0 aliphatic heterocycles. The first-order valence-corrected chi connectivity index (χ1v) is 7.38. The maximum absolute atomic E-state index is 4.54. The zero-order chi connectivity index (χ0) is 14.3. The third-order valence-electron chi connectivity index (χ3n) is 3.24. The molecule has 1 atom stereocenters. The molecule has 0 saturated carbocycles. The minimum absolute atomic E-state index is 0.152. The standard InChI is InChI=1S/C14H17N5S/c1-8-6-5-7-19-13(8)17-14(18-19)16-10(3)12-9(2)15-11(4)20-12/h5-7,10H,1-4H3,(H,16,18). The molecule has 5 nitrogen and oxygen atoms in total. The highest BCUT2D eigenvalue weighted by molar-refractivity contribution is 7.11. The molecule has 0 aliphatic rings. The molecule has 0 bridgehead atoms. The number of pyridine rings is 1. The van der Waals surface area contributed by atoms with Gasteiger partial charge in [0.05, 0.1) is 16.7 Å². The Morgan fingerprint density at radius 2 is 2.05 bits per heavy atom. The van der Waals surface area contributed by atoms with Crippen molar-refractivity contribution in [3.63, 3.8) is 0 Å². The molecule has 0 saturated heterocycles. The number of nitrogens with one attached hydrogen (secondary N) is 1. The van der Waals surface area contributed by atoms with E-state index in [1.54, 1.807) is 15.9 Å². The molecule has 0 aliphatic carbocycles. The molecule has 3 aromatic rings. The maximum atomic E-state index is 4.54. The molecule has 0 amide bonds. The van der Waals surface area contributed by atoms with Crippen molar-refractivity contribution in [2.75, 3.05) is 5.32 Å². The van der Waals surface area contributed by atoms with Gasteiger partial charge in [0.25, 0.3) is 0 Å². The van der Waals surface area contributed by atoms with Crippen molar-refractivity contribution < 1.29 is 0 Å². The number of rotatable bonds is 3. The van der Waals surface area contributed by atoms with Crippen LogP contribution in [0.25, 0.3) is 5.65 Å². The Bertz CT molecular complexity index is 758. The Kier molecular flexibility index (Phi) is 3.17. The lowest BCUT2D eigenvalue weighted by Gasteiger charge is -2.10. The van der Waals surface area contributed by atoms with Gasteiger partial charge >= 0.3 is 0 Å². The first-order chi connectivity index (χ1) is 9.54. The lowest BCUT2D eigenvalue weighted by molar-refractivity contribution is 0.857. The predicted molar refractivity (Wildman–Crippen MR) is 81.3 cm³/mol. The van der Waals surface area contributed by atoms with Crippen molar-refractivity contribution >= 4 is 22.9 Å². The van der Waals surface area contributed by atoms with Crippen LogP contribution in [0.2, 0.25) is 0 Å². The van der Waals surface area contributed by atoms with Gasteiger partial charge in [-0.05, 0) is 39.3 Å². The molecule has 3 heterocycles. The number of hydrogen-bond donors (Lipinski definition) is 1. The van der Waals surface area contributed by atoms with E-state index in [4.69, 9.17) is 0 Å². The van der Waals surface area contributed by atoms with Gasteiger partial charge in [0, 0.05) is 11.1 Å². The van der Waals surface area contributed by atoms with E-state index in [0.29, 0.717) is 5.95 Å². The number of thiazole rings is 1. The van der Waals surface area contributed by atoms with Crippen LogP contribution in [0.1, 0.15) is 34.1 Å². The molecular weight excluding hydrogens is 270 g/mol. The Morgan fingerprint density at radius 1 is 1.25 bits per heavy atom. The highest BCUT2D eigenvalue weighted by atomic mass is 32.1. The van der Waals surface area contributed by atoms with Crippen LogP contribution in [0, 0.1) is 20.8 Å². The van der Waals surface area contributed by atoms with E-state index in [2.05, 4.69) is 27.3 Å². The molecule has 3 rings (SSSR count). The fourth-order valence-electron chi connectivity index (χ4n) is 2.31. The number of anilines is 1. The lowest BCUT2D eigenvalue weighted by Crippen LogP contribution is -2.07. The zero-order valence-electron chi connectivity index (χ0n) is 12.0. The second-order valence-electron chi connectivity index (χ2n) is 4.94. The van der Waals surface area contributed by atoms with E-state index in [0.717, 1.165) is 21.9 Å². The Hall–Kier alpha value is -1.95. The quantitative estimate of drug-likeness (QED) is 0.803. The molecule has 1 N–H and O–H groups in total. The van der Waals surface area contributed by atoms with Crippen LogP contribution in [-0.4, -0.2) is 19.6 Å². The Labute approximate surface area is 121 Å². The molecule has 0 spiro atoms. The summed E-state index contributed by atoms with van der Waals surface area (Å²) >= 11 is 1.72. The second kappa shape index (κ2) is 4.86. The van der Waals surface area contributed by atoms with Gasteiger partial charge in [0.15, 0.2) is 5.65 Å². The van der Waals surface area contributed by atoms with Crippen molar-refractivity contribution in [2.45, 2.75) is 33.7 Å². The Balaban J connectivity index is 1.89. The van der Waals surface area contributed by atoms with Crippen LogP contribution in [0.4, 0.5) is 5.95 Å². The molecule has 0 aromatic carbocycles. The summed E-state index contributed by atoms with van der Waals surface area (Å²) in [6, 6.07) is 4.16. The van der Waals surface area contributed by atoms with E-state index >= 15 is 0 Å². The molecule has 3 aromatic heterocycles. The van der Waals surface area contributed by atoms with Crippen LogP contribution in [0.5, 0.6) is 0 Å². The first kappa shape index (κ1) is 13.1. The summed E-state index contributed by atoms with van der Waals surface area (Å²) in [7, 11) is 0. The highest BCUT2D eigenvalue weighted by Gasteiger charge is 2.15. The average Bonchev–Trinajstić information content (AvgIpc) is 2.93. The summed E-state index contributed by atoms with van der Waals surface area (Å²) in [6.45, 7) is 8.21. The molecule has 104 valence electrons. The van der Waals surface area contributed by atoms with Crippen molar-refractivity contribution in [1.29, 1.82) is 0 Å². The Morgan fingerprint density at radius 3 is 2.70 bits per heavy atom. The summed E-state index contributed by atoms with van der Waals surface area (Å²) < 4.78 is 1.80. The molecule has 6 heteroatoms. The molecule has 0 radical (unpaired) electrons. The van der Waals surface area contributed by atoms with Gasteiger partial charge in [0.2, 0.25) is 5.95 Å². The minimum atomic E-state index is 0.152. The first-order valence-electron chi connectivity index (χ1n) is 6.57. The molecular formula is C14H17N5S. The molecule has 20 heavy (non-hydrogen) atoms. The van der Waals surface area contributed by atoms with Crippen LogP contribution >= 0.6 is 11.3 Å². The van der Waals surface area contributed by atoms with Crippen LogP contribution in [0.15, 0.2) is 18.3 Å². The maximum Gasteiger partial charge on any atom is 0.243 e. The second-order valence-corrected chi connectivity index (χ2v) is 6.18. The van der Waals surface area contributed by atoms with E-state index in [1.165, 1.54) is 4.88 Å². The average molecular weight is 287 g/mol. The number of nitrogens with zero attached hydrogens (tertiary/aromatic N) is 4. The van der Waals surface area contributed by atoms with E-state index in [-0.39, 0.29) is 6.04 Å². The number of fused-ring (bicyclic) bond motifs is 1. The van der Waals surface area contributed by atoms with Crippen LogP contribution in [-0.2, 0) is 0 Å². The van der Waals surface area contributed by atoms with Gasteiger partial charge in [0.1, 0.15) is 0 Å². The fraction of sp³-hybridized carbons (Fsp3) is 0.357. The number of aryl methyl sites for hydroxylation is 3. The van der Waals surface area contributed by atoms with Crippen molar-refractivity contribution in [1.82, 2.24) is 19.6 Å². The molecule has 0 fully saturated rings. The summed E-state index contributed by atoms with van der Waals surface area (Å²) in [5.74, 6) is 0.650. The van der Waals surface area contributed by atoms with Gasteiger partial charge in [-0.3, -0.25) is 0 Å². The number of hydrogen-bond acceptors (Lipinski definition) is 5. The van der Waals surface area contributed by atoms with E-state index < -0.39 is 0 Å².